The summed E-state index contributed by atoms with van der Waals surface area (Å²) in [6.07, 6.45) is 8.66. The Bertz CT molecular complexity index is 1360. The summed E-state index contributed by atoms with van der Waals surface area (Å²) in [5, 5.41) is 13.6. The number of carbonyl (C=O) groups excluding carboxylic acids is 1. The van der Waals surface area contributed by atoms with Crippen molar-refractivity contribution in [3.63, 3.8) is 0 Å². The molecule has 2 aromatic carbocycles. The number of aliphatic hydroxyl groups excluding tert-OH is 1. The molecule has 0 unspecified atom stereocenters. The summed E-state index contributed by atoms with van der Waals surface area (Å²) in [5.74, 6) is -0.344. The predicted octanol–water partition coefficient (Wildman–Crippen LogP) is 4.75. The van der Waals surface area contributed by atoms with E-state index in [1.54, 1.807) is 31.5 Å². The van der Waals surface area contributed by atoms with Crippen LogP contribution in [0.3, 0.4) is 0 Å². The molecule has 1 atom stereocenters. The van der Waals surface area contributed by atoms with E-state index in [-0.39, 0.29) is 43.0 Å². The van der Waals surface area contributed by atoms with Crippen molar-refractivity contribution >= 4 is 40.9 Å². The molecule has 1 saturated carbocycles. The monoisotopic (exact) mass is 638 g/mol. The van der Waals surface area contributed by atoms with E-state index in [9.17, 15) is 18.3 Å². The van der Waals surface area contributed by atoms with E-state index in [0.717, 1.165) is 60.9 Å². The Balaban J connectivity index is 0.00000308. The van der Waals surface area contributed by atoms with Crippen LogP contribution in [0, 0.1) is 0 Å². The van der Waals surface area contributed by atoms with E-state index >= 15 is 0 Å². The van der Waals surface area contributed by atoms with Crippen LogP contribution < -0.4 is 19.5 Å². The van der Waals surface area contributed by atoms with Crippen molar-refractivity contribution < 1.29 is 23.1 Å². The van der Waals surface area contributed by atoms with E-state index in [4.69, 9.17) is 4.74 Å². The number of amides is 1. The molecule has 0 saturated heterocycles. The smallest absolute Gasteiger partial charge is 0.301 e. The molecule has 0 radical (unpaired) electrons. The van der Waals surface area contributed by atoms with Gasteiger partial charge in [-0.3, -0.25) is 9.78 Å². The molecule has 4 N–H and O–H groups in total. The highest BCUT2D eigenvalue weighted by atomic mass is 35.5. The van der Waals surface area contributed by atoms with E-state index in [2.05, 4.69) is 31.9 Å². The first-order valence-corrected chi connectivity index (χ1v) is 15.3. The zero-order valence-electron chi connectivity index (χ0n) is 23.6. The number of halogens is 2. The fourth-order valence-corrected chi connectivity index (χ4v) is 5.59. The molecule has 1 amide bonds. The SMILES string of the molecule is CCNS(=O)(=O)NC(=O)c1ccc(-c2ccc(CCNC[C@@H](O)c3cccnc3)cc2)cc1OC1CCCCC1.Cl.Cl. The van der Waals surface area contributed by atoms with E-state index in [1.807, 2.05) is 30.3 Å². The zero-order valence-corrected chi connectivity index (χ0v) is 26.1. The fraction of sp³-hybridized carbons (Fsp3) is 0.400. The predicted molar refractivity (Wildman–Crippen MR) is 170 cm³/mol. The number of nitrogens with one attached hydrogen (secondary N) is 3. The highest BCUT2D eigenvalue weighted by Crippen LogP contribution is 2.31. The number of aromatic nitrogens is 1. The van der Waals surface area contributed by atoms with Crippen molar-refractivity contribution in [2.24, 2.45) is 0 Å². The van der Waals surface area contributed by atoms with Gasteiger partial charge in [0.1, 0.15) is 5.75 Å². The highest BCUT2D eigenvalue weighted by molar-refractivity contribution is 7.88. The molecule has 4 rings (SSSR count). The zero-order chi connectivity index (χ0) is 28.4. The Morgan fingerprint density at radius 2 is 1.76 bits per heavy atom. The molecule has 0 spiro atoms. The normalized spacial score (nSPS) is 14.2. The lowest BCUT2D eigenvalue weighted by molar-refractivity contribution is 0.0969. The van der Waals surface area contributed by atoms with Gasteiger partial charge in [0.15, 0.2) is 0 Å². The van der Waals surface area contributed by atoms with Gasteiger partial charge in [-0.05, 0) is 73.5 Å². The van der Waals surface area contributed by atoms with Gasteiger partial charge in [0, 0.05) is 31.0 Å². The maximum atomic E-state index is 12.9. The van der Waals surface area contributed by atoms with Gasteiger partial charge in [-0.2, -0.15) is 13.1 Å². The molecule has 1 fully saturated rings. The van der Waals surface area contributed by atoms with Crippen LogP contribution in [0.15, 0.2) is 67.0 Å². The number of ether oxygens (including phenoxy) is 1. The Labute approximate surface area is 260 Å². The first-order chi connectivity index (χ1) is 19.3. The third-order valence-electron chi connectivity index (χ3n) is 6.92. The quantitative estimate of drug-likeness (QED) is 0.199. The number of hydrogen-bond donors (Lipinski definition) is 4. The van der Waals surface area contributed by atoms with Crippen LogP contribution in [0.2, 0.25) is 0 Å². The van der Waals surface area contributed by atoms with Crippen LogP contribution in [0.25, 0.3) is 11.1 Å². The summed E-state index contributed by atoms with van der Waals surface area (Å²) < 4.78 is 34.9. The molecule has 1 aliphatic carbocycles. The first kappa shape index (κ1) is 35.5. The molecule has 1 aliphatic rings. The molecule has 3 aromatic rings. The second-order valence-electron chi connectivity index (χ2n) is 9.97. The van der Waals surface area contributed by atoms with Gasteiger partial charge < -0.3 is 15.2 Å². The first-order valence-electron chi connectivity index (χ1n) is 13.8. The summed E-state index contributed by atoms with van der Waals surface area (Å²) >= 11 is 0. The van der Waals surface area contributed by atoms with Crippen molar-refractivity contribution in [3.05, 3.63) is 83.7 Å². The summed E-state index contributed by atoms with van der Waals surface area (Å²) in [7, 11) is -3.95. The summed E-state index contributed by atoms with van der Waals surface area (Å²) in [6, 6.07) is 17.1. The third-order valence-corrected chi connectivity index (χ3v) is 8.04. The molecule has 230 valence electrons. The largest absolute Gasteiger partial charge is 0.490 e. The van der Waals surface area contributed by atoms with E-state index in [0.29, 0.717) is 12.3 Å². The maximum Gasteiger partial charge on any atom is 0.301 e. The van der Waals surface area contributed by atoms with Crippen molar-refractivity contribution in [2.45, 2.75) is 57.7 Å². The second-order valence-corrected chi connectivity index (χ2v) is 11.5. The summed E-state index contributed by atoms with van der Waals surface area (Å²) in [4.78, 5) is 16.9. The number of rotatable bonds is 13. The van der Waals surface area contributed by atoms with Gasteiger partial charge in [-0.1, -0.05) is 49.7 Å². The average Bonchev–Trinajstić information content (AvgIpc) is 2.96. The number of pyridine rings is 1. The molecule has 0 aliphatic heterocycles. The standard InChI is InChI=1S/C30H38N4O5S.2ClH/c1-2-33-40(37,38)34-30(36)27-15-14-24(19-29(27)39-26-8-4-3-5-9-26)23-12-10-22(11-13-23)16-18-32-21-28(35)25-7-6-17-31-20-25;;/h6-7,10-15,17,19-20,26,28,32-33,35H,2-5,8-9,16,18,21H2,1H3,(H,34,36);2*1H/t28-;;/m1../s1. The Morgan fingerprint density at radius 3 is 2.43 bits per heavy atom. The number of hydrogen-bond acceptors (Lipinski definition) is 7. The minimum atomic E-state index is -3.95. The van der Waals surface area contributed by atoms with Crippen LogP contribution in [-0.2, 0) is 16.6 Å². The average molecular weight is 640 g/mol. The van der Waals surface area contributed by atoms with E-state index in [1.165, 1.54) is 6.42 Å². The van der Waals surface area contributed by atoms with Gasteiger partial charge in [-0.25, -0.2) is 4.72 Å². The summed E-state index contributed by atoms with van der Waals surface area (Å²) in [5.41, 5.74) is 3.96. The van der Waals surface area contributed by atoms with Gasteiger partial charge in [0.25, 0.3) is 5.91 Å². The second kappa shape index (κ2) is 17.4. The van der Waals surface area contributed by atoms with Crippen LogP contribution >= 0.6 is 24.8 Å². The van der Waals surface area contributed by atoms with Gasteiger partial charge in [0.05, 0.1) is 17.8 Å². The molecular formula is C30H40Cl2N4O5S. The van der Waals surface area contributed by atoms with Crippen LogP contribution in [-0.4, -0.2) is 50.2 Å². The van der Waals surface area contributed by atoms with Gasteiger partial charge in [0.2, 0.25) is 0 Å². The molecule has 9 nitrogen and oxygen atoms in total. The van der Waals surface area contributed by atoms with Crippen LogP contribution in [0.1, 0.15) is 66.6 Å². The highest BCUT2D eigenvalue weighted by Gasteiger charge is 2.22. The third kappa shape index (κ3) is 10.5. The lowest BCUT2D eigenvalue weighted by atomic mass is 9.97. The minimum absolute atomic E-state index is 0. The number of benzene rings is 2. The topological polar surface area (TPSA) is 130 Å². The van der Waals surface area contributed by atoms with E-state index < -0.39 is 22.2 Å². The Morgan fingerprint density at radius 1 is 1.05 bits per heavy atom. The van der Waals surface area contributed by atoms with Gasteiger partial charge in [-0.15, -0.1) is 24.8 Å². The minimum Gasteiger partial charge on any atom is -0.490 e. The molecular weight excluding hydrogens is 599 g/mol. The number of carbonyl (C=O) groups is 1. The Hall–Kier alpha value is -2.73. The van der Waals surface area contributed by atoms with Crippen LogP contribution in [0.5, 0.6) is 5.75 Å². The maximum absolute atomic E-state index is 12.9. The van der Waals surface area contributed by atoms with Crippen LogP contribution in [0.4, 0.5) is 0 Å². The Kier molecular flexibility index (Phi) is 14.7. The molecule has 1 aromatic heterocycles. The summed E-state index contributed by atoms with van der Waals surface area (Å²) in [6.45, 7) is 2.98. The molecule has 1 heterocycles. The van der Waals surface area contributed by atoms with Crippen molar-refractivity contribution in [1.29, 1.82) is 0 Å². The lowest BCUT2D eigenvalue weighted by Gasteiger charge is -2.24. The molecule has 42 heavy (non-hydrogen) atoms. The molecule has 0 bridgehead atoms. The van der Waals surface area contributed by atoms with Crippen molar-refractivity contribution in [2.75, 3.05) is 19.6 Å². The number of aliphatic hydroxyl groups is 1. The van der Waals surface area contributed by atoms with Crippen molar-refractivity contribution in [1.82, 2.24) is 19.7 Å². The molecule has 12 heteroatoms. The lowest BCUT2D eigenvalue weighted by Crippen LogP contribution is -2.40. The van der Waals surface area contributed by atoms with Crippen molar-refractivity contribution in [3.8, 4) is 16.9 Å². The fourth-order valence-electron chi connectivity index (χ4n) is 4.78. The van der Waals surface area contributed by atoms with Gasteiger partial charge >= 0.3 is 10.2 Å². The number of nitrogens with zero attached hydrogens (tertiary/aromatic N) is 1.